The summed E-state index contributed by atoms with van der Waals surface area (Å²) in [4.78, 5) is 18.7. The predicted molar refractivity (Wildman–Crippen MR) is 33.4 cm³/mol. The van der Waals surface area contributed by atoms with E-state index in [1.807, 2.05) is 0 Å². The predicted octanol–water partition coefficient (Wildman–Crippen LogP) is -3.77. The maximum absolute atomic E-state index is 9.34. The second-order valence-corrected chi connectivity index (χ2v) is 1.99. The summed E-state index contributed by atoms with van der Waals surface area (Å²) >= 11 is 0. The maximum Gasteiger partial charge on any atom is 2.00 e. The number of aliphatic hydroxyl groups is 2. The van der Waals surface area contributed by atoms with Crippen LogP contribution in [0.4, 0.5) is 0 Å². The van der Waals surface area contributed by atoms with Crippen molar-refractivity contribution in [2.45, 2.75) is 26.1 Å². The standard InChI is InChI=1S/2C3H6O3.Cr/c2*1-2(4)3(5)6;/h2*2,4H,1H3,(H,5,6);/q;;+2/p-2. The van der Waals surface area contributed by atoms with Crippen LogP contribution in [0.15, 0.2) is 0 Å². The molecule has 13 heavy (non-hydrogen) atoms. The number of carbonyl (C=O) groups excluding carboxylic acids is 2. The first-order valence-electron chi connectivity index (χ1n) is 3.06. The van der Waals surface area contributed by atoms with Crippen molar-refractivity contribution in [2.24, 2.45) is 0 Å². The van der Waals surface area contributed by atoms with Gasteiger partial charge in [-0.3, -0.25) is 0 Å². The second-order valence-electron chi connectivity index (χ2n) is 1.99. The van der Waals surface area contributed by atoms with Gasteiger partial charge in [-0.1, -0.05) is 0 Å². The second kappa shape index (κ2) is 9.48. The summed E-state index contributed by atoms with van der Waals surface area (Å²) in [7, 11) is 0. The zero-order valence-electron chi connectivity index (χ0n) is 7.09. The Morgan fingerprint density at radius 2 is 1.08 bits per heavy atom. The minimum absolute atomic E-state index is 0. The average molecular weight is 230 g/mol. The molecule has 0 radical (unpaired) electrons. The van der Waals surface area contributed by atoms with Crippen molar-refractivity contribution >= 4 is 11.9 Å². The Morgan fingerprint density at radius 1 is 1.00 bits per heavy atom. The van der Waals surface area contributed by atoms with Gasteiger partial charge >= 0.3 is 17.4 Å². The third-order valence-corrected chi connectivity index (χ3v) is 0.682. The molecule has 2 unspecified atom stereocenters. The van der Waals surface area contributed by atoms with E-state index in [2.05, 4.69) is 0 Å². The van der Waals surface area contributed by atoms with Gasteiger partial charge in [-0.25, -0.2) is 0 Å². The number of carboxylic acids is 2. The zero-order chi connectivity index (χ0) is 10.3. The summed E-state index contributed by atoms with van der Waals surface area (Å²) in [6, 6.07) is 0. The van der Waals surface area contributed by atoms with E-state index < -0.39 is 24.1 Å². The smallest absolute Gasteiger partial charge is 0.547 e. The van der Waals surface area contributed by atoms with E-state index >= 15 is 0 Å². The molecule has 0 spiro atoms. The van der Waals surface area contributed by atoms with Gasteiger partial charge in [0.1, 0.15) is 0 Å². The number of aliphatic hydroxyl groups excluding tert-OH is 2. The number of aliphatic carboxylic acids is 2. The first-order chi connectivity index (χ1) is 5.29. The fourth-order valence-electron chi connectivity index (χ4n) is 0. The Labute approximate surface area is 85.9 Å². The van der Waals surface area contributed by atoms with Gasteiger partial charge < -0.3 is 30.0 Å². The molecule has 0 aliphatic carbocycles. The molecule has 0 amide bonds. The van der Waals surface area contributed by atoms with Crippen LogP contribution in [-0.4, -0.2) is 34.4 Å². The normalized spacial score (nSPS) is 12.6. The van der Waals surface area contributed by atoms with E-state index in [0.29, 0.717) is 0 Å². The minimum Gasteiger partial charge on any atom is -0.547 e. The number of carboxylic acid groups (broad SMARTS) is 2. The molecular weight excluding hydrogens is 220 g/mol. The van der Waals surface area contributed by atoms with Crippen molar-refractivity contribution in [1.82, 2.24) is 0 Å². The first-order valence-corrected chi connectivity index (χ1v) is 3.06. The molecule has 0 bridgehead atoms. The number of rotatable bonds is 2. The van der Waals surface area contributed by atoms with Gasteiger partial charge in [0.05, 0.1) is 24.1 Å². The fourth-order valence-corrected chi connectivity index (χ4v) is 0. The Bertz CT molecular complexity index is 137. The molecule has 0 heterocycles. The molecule has 2 N–H and O–H groups in total. The monoisotopic (exact) mass is 230 g/mol. The van der Waals surface area contributed by atoms with E-state index in [4.69, 9.17) is 10.2 Å². The van der Waals surface area contributed by atoms with Crippen molar-refractivity contribution in [3.8, 4) is 0 Å². The van der Waals surface area contributed by atoms with Crippen LogP contribution in [0.5, 0.6) is 0 Å². The molecule has 0 aliphatic rings. The van der Waals surface area contributed by atoms with E-state index in [1.165, 1.54) is 0 Å². The van der Waals surface area contributed by atoms with Gasteiger partial charge in [0.2, 0.25) is 0 Å². The van der Waals surface area contributed by atoms with Crippen molar-refractivity contribution in [1.29, 1.82) is 0 Å². The summed E-state index contributed by atoms with van der Waals surface area (Å²) in [5.74, 6) is -2.87. The fraction of sp³-hybridized carbons (Fsp3) is 0.667. The Balaban J connectivity index is -0.000000143. The van der Waals surface area contributed by atoms with Crippen molar-refractivity contribution in [3.63, 3.8) is 0 Å². The summed E-state index contributed by atoms with van der Waals surface area (Å²) in [5.41, 5.74) is 0. The van der Waals surface area contributed by atoms with Crippen LogP contribution in [0.3, 0.4) is 0 Å². The molecular formula is C6H10CrO6. The van der Waals surface area contributed by atoms with E-state index in [0.717, 1.165) is 13.8 Å². The molecule has 6 nitrogen and oxygen atoms in total. The molecule has 0 aromatic heterocycles. The van der Waals surface area contributed by atoms with Crippen LogP contribution in [0.2, 0.25) is 0 Å². The summed E-state index contributed by atoms with van der Waals surface area (Å²) in [5, 5.41) is 34.6. The summed E-state index contributed by atoms with van der Waals surface area (Å²) in [6.45, 7) is 2.27. The number of hydrogen-bond donors (Lipinski definition) is 2. The van der Waals surface area contributed by atoms with Gasteiger partial charge in [-0.2, -0.15) is 0 Å². The van der Waals surface area contributed by atoms with Crippen molar-refractivity contribution < 1.29 is 47.4 Å². The third kappa shape index (κ3) is 18.4. The van der Waals surface area contributed by atoms with E-state index in [1.54, 1.807) is 0 Å². The van der Waals surface area contributed by atoms with Crippen molar-refractivity contribution in [3.05, 3.63) is 0 Å². The van der Waals surface area contributed by atoms with Gasteiger partial charge in [0.25, 0.3) is 0 Å². The molecule has 0 rings (SSSR count). The number of carbonyl (C=O) groups is 2. The van der Waals surface area contributed by atoms with E-state index in [9.17, 15) is 19.8 Å². The topological polar surface area (TPSA) is 121 Å². The first kappa shape index (κ1) is 18.2. The third-order valence-electron chi connectivity index (χ3n) is 0.682. The molecule has 76 valence electrons. The minimum atomic E-state index is -1.44. The Morgan fingerprint density at radius 3 is 1.08 bits per heavy atom. The quantitative estimate of drug-likeness (QED) is 0.502. The molecule has 0 aromatic rings. The molecule has 0 saturated heterocycles. The van der Waals surface area contributed by atoms with Gasteiger partial charge in [0, 0.05) is 0 Å². The average Bonchev–Trinajstić information content (AvgIpc) is 1.88. The van der Waals surface area contributed by atoms with Crippen LogP contribution >= 0.6 is 0 Å². The van der Waals surface area contributed by atoms with Gasteiger partial charge in [0.15, 0.2) is 0 Å². The molecule has 0 saturated carbocycles. The summed E-state index contributed by atoms with van der Waals surface area (Å²) in [6.07, 6.45) is -2.69. The van der Waals surface area contributed by atoms with Gasteiger partial charge in [-0.05, 0) is 13.8 Å². The van der Waals surface area contributed by atoms with Crippen LogP contribution in [0, 0.1) is 0 Å². The summed E-state index contributed by atoms with van der Waals surface area (Å²) < 4.78 is 0. The molecule has 0 fully saturated rings. The Hall–Kier alpha value is -0.608. The molecule has 7 heteroatoms. The van der Waals surface area contributed by atoms with Crippen LogP contribution < -0.4 is 10.2 Å². The zero-order valence-corrected chi connectivity index (χ0v) is 8.37. The van der Waals surface area contributed by atoms with Crippen molar-refractivity contribution in [2.75, 3.05) is 0 Å². The van der Waals surface area contributed by atoms with Crippen LogP contribution in [0.25, 0.3) is 0 Å². The maximum atomic E-state index is 9.34. The van der Waals surface area contributed by atoms with E-state index in [-0.39, 0.29) is 17.4 Å². The Kier molecular flexibility index (Phi) is 13.3. The van der Waals surface area contributed by atoms with Crippen LogP contribution in [-0.2, 0) is 27.0 Å². The SMILES string of the molecule is CC(O)C(=O)[O-].CC(O)C(=O)[O-].[Cr+2]. The molecule has 0 aliphatic heterocycles. The largest absolute Gasteiger partial charge is 2.00 e. The van der Waals surface area contributed by atoms with Crippen LogP contribution in [0.1, 0.15) is 13.8 Å². The molecule has 0 aromatic carbocycles. The molecule has 2 atom stereocenters. The van der Waals surface area contributed by atoms with Gasteiger partial charge in [-0.15, -0.1) is 0 Å². The number of hydrogen-bond acceptors (Lipinski definition) is 6.